The lowest BCUT2D eigenvalue weighted by Crippen LogP contribution is -2.37. The van der Waals surface area contributed by atoms with Gasteiger partial charge in [-0.05, 0) is 42.7 Å². The number of amides is 2. The van der Waals surface area contributed by atoms with Gasteiger partial charge in [0.15, 0.2) is 0 Å². The molecule has 0 spiro atoms. The number of halogens is 1. The van der Waals surface area contributed by atoms with E-state index in [4.69, 9.17) is 5.41 Å². The molecule has 3 rings (SSSR count). The predicted molar refractivity (Wildman–Crippen MR) is 88.1 cm³/mol. The highest BCUT2D eigenvalue weighted by molar-refractivity contribution is 6.03. The molecule has 0 radical (unpaired) electrons. The molecule has 2 N–H and O–H groups in total. The minimum atomic E-state index is -0.354. The second-order valence-electron chi connectivity index (χ2n) is 5.68. The van der Waals surface area contributed by atoms with E-state index in [1.54, 1.807) is 13.0 Å². The Balaban J connectivity index is 1.81. The molecule has 1 unspecified atom stereocenters. The van der Waals surface area contributed by atoms with E-state index in [-0.39, 0.29) is 17.9 Å². The van der Waals surface area contributed by atoms with Crippen LogP contribution in [0.15, 0.2) is 48.5 Å². The second kappa shape index (κ2) is 6.20. The van der Waals surface area contributed by atoms with Crippen LogP contribution >= 0.6 is 0 Å². The van der Waals surface area contributed by atoms with Crippen LogP contribution in [0.2, 0.25) is 0 Å². The zero-order chi connectivity index (χ0) is 16.4. The highest BCUT2D eigenvalue weighted by Gasteiger charge is 2.34. The fourth-order valence-electron chi connectivity index (χ4n) is 2.87. The zero-order valence-electron chi connectivity index (χ0n) is 12.8. The molecule has 0 aliphatic carbocycles. The number of nitrogens with one attached hydrogen (secondary N) is 2. The first-order chi connectivity index (χ1) is 11.1. The summed E-state index contributed by atoms with van der Waals surface area (Å²) in [4.78, 5) is 14.1. The molecule has 1 fully saturated rings. The zero-order valence-corrected chi connectivity index (χ0v) is 12.8. The van der Waals surface area contributed by atoms with E-state index in [9.17, 15) is 9.18 Å². The summed E-state index contributed by atoms with van der Waals surface area (Å²) in [7, 11) is 0. The predicted octanol–water partition coefficient (Wildman–Crippen LogP) is 4.48. The van der Waals surface area contributed by atoms with Gasteiger partial charge in [-0.25, -0.2) is 9.18 Å². The topological polar surface area (TPSA) is 56.2 Å². The molecule has 118 valence electrons. The van der Waals surface area contributed by atoms with Crippen molar-refractivity contribution in [3.8, 4) is 0 Å². The molecule has 1 saturated heterocycles. The number of hydrogen-bond donors (Lipinski definition) is 2. The van der Waals surface area contributed by atoms with Crippen molar-refractivity contribution in [3.05, 3.63) is 65.5 Å². The summed E-state index contributed by atoms with van der Waals surface area (Å²) in [5.41, 5.74) is 2.01. The molecular weight excluding hydrogens is 293 g/mol. The Morgan fingerprint density at radius 2 is 2.00 bits per heavy atom. The first kappa shape index (κ1) is 15.2. The Hall–Kier alpha value is -2.69. The number of likely N-dealkylation sites (tertiary alicyclic amines) is 1. The van der Waals surface area contributed by atoms with Crippen LogP contribution < -0.4 is 5.32 Å². The SMILES string of the molecule is Cc1cc(NC(=O)N2C(=N)CCC2c2ccccc2)ccc1F. The van der Waals surface area contributed by atoms with Crippen molar-refractivity contribution in [1.29, 1.82) is 5.41 Å². The molecule has 2 aromatic rings. The fraction of sp³-hybridized carbons (Fsp3) is 0.222. The van der Waals surface area contributed by atoms with Gasteiger partial charge < -0.3 is 5.32 Å². The van der Waals surface area contributed by atoms with E-state index in [1.165, 1.54) is 17.0 Å². The van der Waals surface area contributed by atoms with Crippen LogP contribution in [0.1, 0.15) is 30.0 Å². The highest BCUT2D eigenvalue weighted by atomic mass is 19.1. The van der Waals surface area contributed by atoms with Gasteiger partial charge in [0.05, 0.1) is 6.04 Å². The van der Waals surface area contributed by atoms with Crippen LogP contribution in [-0.2, 0) is 0 Å². The van der Waals surface area contributed by atoms with Gasteiger partial charge in [0, 0.05) is 12.1 Å². The normalized spacial score (nSPS) is 17.4. The molecule has 4 nitrogen and oxygen atoms in total. The van der Waals surface area contributed by atoms with Gasteiger partial charge in [-0.1, -0.05) is 30.3 Å². The lowest BCUT2D eigenvalue weighted by atomic mass is 10.1. The third kappa shape index (κ3) is 3.08. The molecule has 5 heteroatoms. The van der Waals surface area contributed by atoms with Gasteiger partial charge in [-0.15, -0.1) is 0 Å². The summed E-state index contributed by atoms with van der Waals surface area (Å²) in [5.74, 6) is -0.00531. The molecule has 23 heavy (non-hydrogen) atoms. The van der Waals surface area contributed by atoms with E-state index in [2.05, 4.69) is 5.32 Å². The average Bonchev–Trinajstić information content (AvgIpc) is 2.93. The van der Waals surface area contributed by atoms with Crippen molar-refractivity contribution in [2.75, 3.05) is 5.32 Å². The Labute approximate surface area is 134 Å². The number of benzene rings is 2. The van der Waals surface area contributed by atoms with Gasteiger partial charge in [0.2, 0.25) is 0 Å². The summed E-state index contributed by atoms with van der Waals surface area (Å²) < 4.78 is 13.3. The summed E-state index contributed by atoms with van der Waals surface area (Å²) in [5, 5.41) is 10.8. The largest absolute Gasteiger partial charge is 0.327 e. The van der Waals surface area contributed by atoms with Crippen molar-refractivity contribution in [2.24, 2.45) is 0 Å². The number of nitrogens with zero attached hydrogens (tertiary/aromatic N) is 1. The van der Waals surface area contributed by atoms with Crippen molar-refractivity contribution < 1.29 is 9.18 Å². The lowest BCUT2D eigenvalue weighted by Gasteiger charge is -2.25. The molecule has 1 atom stereocenters. The van der Waals surface area contributed by atoms with Crippen molar-refractivity contribution in [2.45, 2.75) is 25.8 Å². The quantitative estimate of drug-likeness (QED) is 0.844. The van der Waals surface area contributed by atoms with E-state index in [0.29, 0.717) is 23.5 Å². The summed E-state index contributed by atoms with van der Waals surface area (Å²) >= 11 is 0. The first-order valence-electron chi connectivity index (χ1n) is 7.55. The van der Waals surface area contributed by atoms with Crippen LogP contribution in [0.5, 0.6) is 0 Å². The number of amidine groups is 1. The standard InChI is InChI=1S/C18H18FN3O/c1-12-11-14(7-8-15(12)19)21-18(23)22-16(9-10-17(22)20)13-5-3-2-4-6-13/h2-8,11,16,20H,9-10H2,1H3,(H,21,23). The van der Waals surface area contributed by atoms with Gasteiger partial charge >= 0.3 is 6.03 Å². The van der Waals surface area contributed by atoms with Gasteiger partial charge in [-0.3, -0.25) is 10.3 Å². The number of carbonyl (C=O) groups excluding carboxylic acids is 1. The van der Waals surface area contributed by atoms with E-state index < -0.39 is 0 Å². The van der Waals surface area contributed by atoms with Gasteiger partial charge in [0.1, 0.15) is 11.7 Å². The average molecular weight is 311 g/mol. The summed E-state index contributed by atoms with van der Waals surface area (Å²) in [6.45, 7) is 1.65. The molecule has 0 saturated carbocycles. The summed E-state index contributed by atoms with van der Waals surface area (Å²) in [6.07, 6.45) is 1.30. The van der Waals surface area contributed by atoms with Gasteiger partial charge in [0.25, 0.3) is 0 Å². The fourth-order valence-corrected chi connectivity index (χ4v) is 2.87. The van der Waals surface area contributed by atoms with Crippen LogP contribution in [-0.4, -0.2) is 16.8 Å². The maximum absolute atomic E-state index is 13.3. The maximum atomic E-state index is 13.3. The molecule has 0 aromatic heterocycles. The maximum Gasteiger partial charge on any atom is 0.327 e. The van der Waals surface area contributed by atoms with E-state index >= 15 is 0 Å². The molecule has 0 bridgehead atoms. The van der Waals surface area contributed by atoms with Crippen LogP contribution in [0.25, 0.3) is 0 Å². The number of rotatable bonds is 2. The number of urea groups is 1. The van der Waals surface area contributed by atoms with Crippen LogP contribution in [0, 0.1) is 18.2 Å². The Kier molecular flexibility index (Phi) is 4.10. The monoisotopic (exact) mass is 311 g/mol. The Bertz CT molecular complexity index is 745. The van der Waals surface area contributed by atoms with Crippen LogP contribution in [0.4, 0.5) is 14.9 Å². The Morgan fingerprint density at radius 1 is 1.26 bits per heavy atom. The van der Waals surface area contributed by atoms with Gasteiger partial charge in [-0.2, -0.15) is 0 Å². The number of aryl methyl sites for hydroxylation is 1. The third-order valence-corrected chi connectivity index (χ3v) is 4.07. The number of hydrogen-bond acceptors (Lipinski definition) is 2. The van der Waals surface area contributed by atoms with E-state index in [0.717, 1.165) is 12.0 Å². The van der Waals surface area contributed by atoms with Crippen molar-refractivity contribution in [1.82, 2.24) is 4.90 Å². The minimum absolute atomic E-state index is 0.134. The number of anilines is 1. The Morgan fingerprint density at radius 3 is 2.70 bits per heavy atom. The van der Waals surface area contributed by atoms with Crippen LogP contribution in [0.3, 0.4) is 0 Å². The van der Waals surface area contributed by atoms with Crippen molar-refractivity contribution in [3.63, 3.8) is 0 Å². The van der Waals surface area contributed by atoms with Crippen molar-refractivity contribution >= 4 is 17.6 Å². The molecule has 1 aliphatic rings. The number of carbonyl (C=O) groups is 1. The molecular formula is C18H18FN3O. The minimum Gasteiger partial charge on any atom is -0.307 e. The summed E-state index contributed by atoms with van der Waals surface area (Å²) in [6, 6.07) is 13.7. The first-order valence-corrected chi connectivity index (χ1v) is 7.55. The highest BCUT2D eigenvalue weighted by Crippen LogP contribution is 2.33. The third-order valence-electron chi connectivity index (χ3n) is 4.07. The van der Waals surface area contributed by atoms with E-state index in [1.807, 2.05) is 30.3 Å². The smallest absolute Gasteiger partial charge is 0.307 e. The molecule has 2 amide bonds. The molecule has 1 aliphatic heterocycles. The molecule has 1 heterocycles. The lowest BCUT2D eigenvalue weighted by molar-refractivity contribution is 0.225. The molecule has 2 aromatic carbocycles. The second-order valence-corrected chi connectivity index (χ2v) is 5.68.